The van der Waals surface area contributed by atoms with Crippen molar-refractivity contribution in [2.24, 2.45) is 0 Å². The Morgan fingerprint density at radius 3 is 2.74 bits per heavy atom. The van der Waals surface area contributed by atoms with E-state index in [4.69, 9.17) is 9.47 Å². The average molecular weight is 393 g/mol. The van der Waals surface area contributed by atoms with Crippen LogP contribution in [0, 0.1) is 0 Å². The van der Waals surface area contributed by atoms with Gasteiger partial charge in [0, 0.05) is 10.5 Å². The Labute approximate surface area is 145 Å². The first-order valence-corrected chi connectivity index (χ1v) is 8.31. The predicted octanol–water partition coefficient (Wildman–Crippen LogP) is 4.33. The van der Waals surface area contributed by atoms with Gasteiger partial charge in [-0.15, -0.1) is 0 Å². The van der Waals surface area contributed by atoms with Crippen LogP contribution in [0.25, 0.3) is 10.2 Å². The topological polar surface area (TPSA) is 60.5 Å². The summed E-state index contributed by atoms with van der Waals surface area (Å²) in [5, 5.41) is 3.35. The van der Waals surface area contributed by atoms with E-state index >= 15 is 0 Å². The summed E-state index contributed by atoms with van der Waals surface area (Å²) in [5.74, 6) is 0.797. The number of methoxy groups -OCH3 is 2. The van der Waals surface area contributed by atoms with Crippen LogP contribution < -0.4 is 14.8 Å². The van der Waals surface area contributed by atoms with Gasteiger partial charge in [-0.2, -0.15) is 0 Å². The van der Waals surface area contributed by atoms with Gasteiger partial charge in [0.05, 0.1) is 30.0 Å². The minimum Gasteiger partial charge on any atom is -0.497 e. The van der Waals surface area contributed by atoms with Crippen molar-refractivity contribution in [3.63, 3.8) is 0 Å². The van der Waals surface area contributed by atoms with E-state index in [0.29, 0.717) is 22.2 Å². The third kappa shape index (κ3) is 3.16. The number of amides is 1. The lowest BCUT2D eigenvalue weighted by Crippen LogP contribution is -2.13. The van der Waals surface area contributed by atoms with Crippen LogP contribution in [0.5, 0.6) is 11.5 Å². The number of aromatic nitrogens is 1. The van der Waals surface area contributed by atoms with Gasteiger partial charge >= 0.3 is 0 Å². The lowest BCUT2D eigenvalue weighted by molar-refractivity contribution is 0.102. The molecule has 1 aromatic heterocycles. The molecule has 2 aromatic carbocycles. The Morgan fingerprint density at radius 2 is 2.04 bits per heavy atom. The third-order valence-electron chi connectivity index (χ3n) is 3.24. The van der Waals surface area contributed by atoms with Gasteiger partial charge in [0.25, 0.3) is 5.91 Å². The summed E-state index contributed by atoms with van der Waals surface area (Å²) in [6.07, 6.45) is 0. The first-order chi connectivity index (χ1) is 11.1. The Balaban J connectivity index is 1.90. The van der Waals surface area contributed by atoms with Gasteiger partial charge in [0.2, 0.25) is 0 Å². The van der Waals surface area contributed by atoms with Crippen molar-refractivity contribution in [1.29, 1.82) is 0 Å². The van der Waals surface area contributed by atoms with Crippen LogP contribution in [-0.2, 0) is 0 Å². The molecule has 0 fully saturated rings. The van der Waals surface area contributed by atoms with Crippen LogP contribution >= 0.6 is 27.3 Å². The van der Waals surface area contributed by atoms with Gasteiger partial charge < -0.3 is 9.47 Å². The number of thiazole rings is 1. The molecule has 3 aromatic rings. The Hall–Kier alpha value is -2.12. The summed E-state index contributed by atoms with van der Waals surface area (Å²) in [7, 11) is 3.08. The van der Waals surface area contributed by atoms with Crippen molar-refractivity contribution in [2.45, 2.75) is 0 Å². The van der Waals surface area contributed by atoms with Gasteiger partial charge in [0.1, 0.15) is 11.5 Å². The molecule has 0 aliphatic rings. The molecule has 0 spiro atoms. The summed E-state index contributed by atoms with van der Waals surface area (Å²) < 4.78 is 12.3. The fourth-order valence-electron chi connectivity index (χ4n) is 2.12. The fourth-order valence-corrected chi connectivity index (χ4v) is 3.59. The Bertz CT molecular complexity index is 879. The number of para-hydroxylation sites is 1. The predicted molar refractivity (Wildman–Crippen MR) is 94.8 cm³/mol. The fraction of sp³-hybridized carbons (Fsp3) is 0.125. The minimum atomic E-state index is -0.278. The zero-order valence-corrected chi connectivity index (χ0v) is 14.8. The van der Waals surface area contributed by atoms with Crippen molar-refractivity contribution < 1.29 is 14.3 Å². The van der Waals surface area contributed by atoms with Crippen molar-refractivity contribution in [3.05, 3.63) is 46.4 Å². The van der Waals surface area contributed by atoms with Crippen molar-refractivity contribution >= 4 is 48.5 Å². The molecule has 3 rings (SSSR count). The summed E-state index contributed by atoms with van der Waals surface area (Å²) in [6, 6.07) is 10.9. The van der Waals surface area contributed by atoms with Crippen LogP contribution in [0.15, 0.2) is 40.9 Å². The van der Waals surface area contributed by atoms with Crippen LogP contribution in [0.1, 0.15) is 10.4 Å². The molecule has 0 aliphatic carbocycles. The molecule has 118 valence electrons. The molecule has 0 aliphatic heterocycles. The number of carbonyl (C=O) groups is 1. The van der Waals surface area contributed by atoms with E-state index in [0.717, 1.165) is 14.7 Å². The summed E-state index contributed by atoms with van der Waals surface area (Å²) in [4.78, 5) is 16.9. The average Bonchev–Trinajstić information content (AvgIpc) is 2.98. The van der Waals surface area contributed by atoms with Gasteiger partial charge in [-0.3, -0.25) is 10.1 Å². The number of hydrogen-bond acceptors (Lipinski definition) is 5. The van der Waals surface area contributed by atoms with Gasteiger partial charge in [0.15, 0.2) is 5.13 Å². The number of carbonyl (C=O) groups excluding carboxylic acids is 1. The van der Waals surface area contributed by atoms with E-state index in [1.165, 1.54) is 18.4 Å². The van der Waals surface area contributed by atoms with E-state index in [1.54, 1.807) is 25.3 Å². The van der Waals surface area contributed by atoms with E-state index in [9.17, 15) is 4.79 Å². The van der Waals surface area contributed by atoms with Crippen molar-refractivity contribution in [1.82, 2.24) is 4.98 Å². The zero-order valence-electron chi connectivity index (χ0n) is 12.4. The van der Waals surface area contributed by atoms with Crippen LogP contribution in [-0.4, -0.2) is 25.1 Å². The largest absolute Gasteiger partial charge is 0.497 e. The lowest BCUT2D eigenvalue weighted by Gasteiger charge is -2.09. The van der Waals surface area contributed by atoms with Crippen molar-refractivity contribution in [2.75, 3.05) is 19.5 Å². The molecule has 0 saturated carbocycles. The number of nitrogens with one attached hydrogen (secondary N) is 1. The molecule has 7 heteroatoms. The smallest absolute Gasteiger partial charge is 0.261 e. The molecule has 1 heterocycles. The van der Waals surface area contributed by atoms with Gasteiger partial charge in [-0.05, 0) is 40.2 Å². The van der Waals surface area contributed by atoms with Crippen molar-refractivity contribution in [3.8, 4) is 11.5 Å². The van der Waals surface area contributed by atoms with Gasteiger partial charge in [-0.1, -0.05) is 17.4 Å². The summed E-state index contributed by atoms with van der Waals surface area (Å²) in [5.41, 5.74) is 1.25. The van der Waals surface area contributed by atoms with E-state index in [1.807, 2.05) is 18.2 Å². The molecule has 23 heavy (non-hydrogen) atoms. The number of ether oxygens (including phenoxy) is 2. The molecule has 5 nitrogen and oxygen atoms in total. The highest BCUT2D eigenvalue weighted by atomic mass is 79.9. The Kier molecular flexibility index (Phi) is 4.49. The maximum Gasteiger partial charge on any atom is 0.261 e. The Morgan fingerprint density at radius 1 is 1.22 bits per heavy atom. The van der Waals surface area contributed by atoms with Crippen LogP contribution in [0.2, 0.25) is 0 Å². The highest BCUT2D eigenvalue weighted by Crippen LogP contribution is 2.32. The molecule has 0 atom stereocenters. The van der Waals surface area contributed by atoms with E-state index < -0.39 is 0 Å². The summed E-state index contributed by atoms with van der Waals surface area (Å²) in [6.45, 7) is 0. The number of fused-ring (bicyclic) bond motifs is 1. The number of benzene rings is 2. The number of nitrogens with zero attached hydrogens (tertiary/aromatic N) is 1. The first-order valence-electron chi connectivity index (χ1n) is 6.71. The molecule has 1 N–H and O–H groups in total. The molecular weight excluding hydrogens is 380 g/mol. The normalized spacial score (nSPS) is 10.6. The number of anilines is 1. The second kappa shape index (κ2) is 6.55. The van der Waals surface area contributed by atoms with Gasteiger partial charge in [-0.25, -0.2) is 4.98 Å². The first kappa shape index (κ1) is 15.8. The maximum atomic E-state index is 12.5. The quantitative estimate of drug-likeness (QED) is 0.717. The highest BCUT2D eigenvalue weighted by Gasteiger charge is 2.16. The lowest BCUT2D eigenvalue weighted by atomic mass is 10.2. The highest BCUT2D eigenvalue weighted by molar-refractivity contribution is 9.10. The second-order valence-corrected chi connectivity index (χ2v) is 6.51. The third-order valence-corrected chi connectivity index (χ3v) is 4.82. The second-order valence-electron chi connectivity index (χ2n) is 4.63. The number of rotatable bonds is 4. The zero-order chi connectivity index (χ0) is 16.4. The van der Waals surface area contributed by atoms with E-state index in [-0.39, 0.29) is 5.91 Å². The molecule has 0 radical (unpaired) electrons. The molecule has 0 saturated heterocycles. The number of hydrogen-bond donors (Lipinski definition) is 1. The molecule has 0 unspecified atom stereocenters. The monoisotopic (exact) mass is 392 g/mol. The van der Waals surface area contributed by atoms with Crippen LogP contribution in [0.4, 0.5) is 5.13 Å². The minimum absolute atomic E-state index is 0.278. The summed E-state index contributed by atoms with van der Waals surface area (Å²) >= 11 is 4.87. The standard InChI is InChI=1S/C16H13BrN2O3S/c1-21-9-6-7-10(12(8-9)22-2)15(20)19-16-18-14-11(17)4-3-5-13(14)23-16/h3-8H,1-2H3,(H,18,19,20). The SMILES string of the molecule is COc1ccc(C(=O)Nc2nc3c(Br)cccc3s2)c(OC)c1. The molecular formula is C16H13BrN2O3S. The maximum absolute atomic E-state index is 12.5. The number of halogens is 1. The van der Waals surface area contributed by atoms with E-state index in [2.05, 4.69) is 26.2 Å². The molecule has 0 bridgehead atoms. The molecule has 1 amide bonds. The van der Waals surface area contributed by atoms with Crippen LogP contribution in [0.3, 0.4) is 0 Å².